The number of hydrogen-bond acceptors (Lipinski definition) is 7. The molecule has 1 amide bonds. The van der Waals surface area contributed by atoms with Gasteiger partial charge in [0, 0.05) is 24.5 Å². The Morgan fingerprint density at radius 1 is 1.18 bits per heavy atom. The lowest BCUT2D eigenvalue weighted by Gasteiger charge is -2.27. The lowest BCUT2D eigenvalue weighted by molar-refractivity contribution is -0.129. The zero-order valence-corrected chi connectivity index (χ0v) is 19.7. The molecule has 0 spiro atoms. The van der Waals surface area contributed by atoms with E-state index in [1.54, 1.807) is 30.3 Å². The fraction of sp³-hybridized carbons (Fsp3) is 0.280. The van der Waals surface area contributed by atoms with Crippen molar-refractivity contribution in [3.63, 3.8) is 0 Å². The van der Waals surface area contributed by atoms with Crippen molar-refractivity contribution in [1.82, 2.24) is 19.8 Å². The monoisotopic (exact) mass is 462 g/mol. The first kappa shape index (κ1) is 22.8. The van der Waals surface area contributed by atoms with Crippen LogP contribution >= 0.6 is 11.3 Å². The van der Waals surface area contributed by atoms with E-state index < -0.39 is 17.7 Å². The van der Waals surface area contributed by atoms with Gasteiger partial charge in [0.1, 0.15) is 5.01 Å². The van der Waals surface area contributed by atoms with Crippen molar-refractivity contribution in [3.05, 3.63) is 82.3 Å². The highest BCUT2D eigenvalue weighted by Crippen LogP contribution is 2.40. The number of amides is 1. The minimum Gasteiger partial charge on any atom is -0.503 e. The number of pyridine rings is 1. The molecule has 170 valence electrons. The first-order valence-corrected chi connectivity index (χ1v) is 11.6. The molecule has 1 unspecified atom stereocenters. The lowest BCUT2D eigenvalue weighted by Crippen LogP contribution is -2.33. The molecule has 2 aromatic heterocycles. The number of aromatic nitrogens is 2. The maximum absolute atomic E-state index is 13.7. The molecule has 1 N–H and O–H groups in total. The molecule has 0 bridgehead atoms. The van der Waals surface area contributed by atoms with Crippen LogP contribution in [0.25, 0.3) is 10.6 Å². The summed E-state index contributed by atoms with van der Waals surface area (Å²) in [4.78, 5) is 39.5. The standard InChI is InChI=1S/C25H26N4O3S/c1-16-23(33-24(27-16)17-9-5-4-6-10-17)21(30)19-20(18-11-7-12-26-15-18)29(25(32)22(19)31)14-8-13-28(2)3/h4-7,9-12,15,20,31H,8,13-14H2,1-3H3. The Labute approximate surface area is 197 Å². The highest BCUT2D eigenvalue weighted by molar-refractivity contribution is 7.17. The van der Waals surface area contributed by atoms with Crippen LogP contribution in [-0.2, 0) is 4.79 Å². The van der Waals surface area contributed by atoms with E-state index in [0.717, 1.165) is 17.1 Å². The summed E-state index contributed by atoms with van der Waals surface area (Å²) in [5.74, 6) is -1.40. The predicted molar refractivity (Wildman–Crippen MR) is 128 cm³/mol. The van der Waals surface area contributed by atoms with Gasteiger partial charge < -0.3 is 14.9 Å². The third-order valence-electron chi connectivity index (χ3n) is 5.58. The maximum atomic E-state index is 13.7. The van der Waals surface area contributed by atoms with E-state index in [2.05, 4.69) is 9.97 Å². The minimum absolute atomic E-state index is 0.0872. The lowest BCUT2D eigenvalue weighted by atomic mass is 9.96. The zero-order chi connectivity index (χ0) is 23.5. The molecule has 3 heterocycles. The molecule has 1 aliphatic rings. The van der Waals surface area contributed by atoms with Gasteiger partial charge in [0.25, 0.3) is 5.91 Å². The van der Waals surface area contributed by atoms with E-state index in [4.69, 9.17) is 0 Å². The summed E-state index contributed by atoms with van der Waals surface area (Å²) in [6, 6.07) is 12.5. The van der Waals surface area contributed by atoms with Crippen LogP contribution in [0, 0.1) is 6.92 Å². The van der Waals surface area contributed by atoms with Gasteiger partial charge in [-0.25, -0.2) is 4.98 Å². The van der Waals surface area contributed by atoms with Gasteiger partial charge in [0.15, 0.2) is 5.76 Å². The van der Waals surface area contributed by atoms with Gasteiger partial charge in [-0.2, -0.15) is 0 Å². The highest BCUT2D eigenvalue weighted by atomic mass is 32.1. The third-order valence-corrected chi connectivity index (χ3v) is 6.78. The number of nitrogens with zero attached hydrogens (tertiary/aromatic N) is 4. The van der Waals surface area contributed by atoms with E-state index in [1.165, 1.54) is 11.3 Å². The van der Waals surface area contributed by atoms with E-state index in [9.17, 15) is 14.7 Å². The fourth-order valence-corrected chi connectivity index (χ4v) is 5.02. The molecule has 0 fully saturated rings. The Morgan fingerprint density at radius 2 is 1.94 bits per heavy atom. The van der Waals surface area contributed by atoms with Crippen LogP contribution in [-0.4, -0.2) is 63.7 Å². The van der Waals surface area contributed by atoms with Crippen molar-refractivity contribution in [2.75, 3.05) is 27.2 Å². The first-order chi connectivity index (χ1) is 15.9. The Kier molecular flexibility index (Phi) is 6.67. The Bertz CT molecular complexity index is 1190. The smallest absolute Gasteiger partial charge is 0.290 e. The van der Waals surface area contributed by atoms with Crippen LogP contribution in [0.1, 0.15) is 33.4 Å². The molecule has 1 atom stereocenters. The van der Waals surface area contributed by atoms with E-state index in [1.807, 2.05) is 55.4 Å². The molecule has 8 heteroatoms. The number of ketones is 1. The SMILES string of the molecule is Cc1nc(-c2ccccc2)sc1C(=O)C1=C(O)C(=O)N(CCCN(C)C)C1c1cccnc1. The van der Waals surface area contributed by atoms with Gasteiger partial charge in [-0.05, 0) is 45.6 Å². The topological polar surface area (TPSA) is 86.6 Å². The van der Waals surface area contributed by atoms with Crippen molar-refractivity contribution in [2.24, 2.45) is 0 Å². The number of hydrogen-bond donors (Lipinski definition) is 1. The van der Waals surface area contributed by atoms with Crippen molar-refractivity contribution in [3.8, 4) is 10.6 Å². The van der Waals surface area contributed by atoms with E-state index >= 15 is 0 Å². The average Bonchev–Trinajstić information content (AvgIpc) is 3.32. The summed E-state index contributed by atoms with van der Waals surface area (Å²) in [5.41, 5.74) is 2.27. The number of aliphatic hydroxyl groups is 1. The molecule has 33 heavy (non-hydrogen) atoms. The number of thiazole rings is 1. The molecule has 4 rings (SSSR count). The summed E-state index contributed by atoms with van der Waals surface area (Å²) < 4.78 is 0. The maximum Gasteiger partial charge on any atom is 0.290 e. The van der Waals surface area contributed by atoms with Crippen LogP contribution in [0.4, 0.5) is 0 Å². The summed E-state index contributed by atoms with van der Waals surface area (Å²) in [7, 11) is 3.93. The van der Waals surface area contributed by atoms with E-state index in [-0.39, 0.29) is 11.4 Å². The summed E-state index contributed by atoms with van der Waals surface area (Å²) in [6.45, 7) is 2.97. The van der Waals surface area contributed by atoms with Crippen LogP contribution in [0.2, 0.25) is 0 Å². The quantitative estimate of drug-likeness (QED) is 0.509. The summed E-state index contributed by atoms with van der Waals surface area (Å²) >= 11 is 1.27. The minimum atomic E-state index is -0.692. The summed E-state index contributed by atoms with van der Waals surface area (Å²) in [6.07, 6.45) is 3.99. The van der Waals surface area contributed by atoms with Crippen molar-refractivity contribution in [1.29, 1.82) is 0 Å². The van der Waals surface area contributed by atoms with Crippen LogP contribution in [0.15, 0.2) is 66.2 Å². The molecule has 1 aromatic carbocycles. The first-order valence-electron chi connectivity index (χ1n) is 10.7. The Morgan fingerprint density at radius 3 is 2.61 bits per heavy atom. The average molecular weight is 463 g/mol. The predicted octanol–water partition coefficient (Wildman–Crippen LogP) is 4.04. The van der Waals surface area contributed by atoms with Gasteiger partial charge in [0.05, 0.1) is 22.2 Å². The summed E-state index contributed by atoms with van der Waals surface area (Å²) in [5, 5.41) is 11.6. The van der Waals surface area contributed by atoms with Crippen LogP contribution < -0.4 is 0 Å². The second-order valence-electron chi connectivity index (χ2n) is 8.24. The van der Waals surface area contributed by atoms with Gasteiger partial charge in [-0.3, -0.25) is 14.6 Å². The molecule has 0 radical (unpaired) electrons. The number of carbonyl (C=O) groups excluding carboxylic acids is 2. The number of aliphatic hydroxyl groups excluding tert-OH is 1. The number of rotatable bonds is 8. The number of benzene rings is 1. The number of Topliss-reactive ketones (excluding diaryl/α,β-unsaturated/α-hetero) is 1. The molecule has 1 aliphatic heterocycles. The van der Waals surface area contributed by atoms with Gasteiger partial charge in [-0.15, -0.1) is 11.3 Å². The third kappa shape index (κ3) is 4.58. The van der Waals surface area contributed by atoms with Gasteiger partial charge in [0.2, 0.25) is 5.78 Å². The highest BCUT2D eigenvalue weighted by Gasteiger charge is 2.44. The van der Waals surface area contributed by atoms with Crippen molar-refractivity contribution >= 4 is 23.0 Å². The molecule has 0 saturated carbocycles. The molecule has 7 nitrogen and oxygen atoms in total. The second-order valence-corrected chi connectivity index (χ2v) is 9.23. The van der Waals surface area contributed by atoms with E-state index in [0.29, 0.717) is 29.1 Å². The van der Waals surface area contributed by atoms with Crippen molar-refractivity contribution < 1.29 is 14.7 Å². The van der Waals surface area contributed by atoms with Gasteiger partial charge >= 0.3 is 0 Å². The molecular formula is C25H26N4O3S. The van der Waals surface area contributed by atoms with Crippen molar-refractivity contribution in [2.45, 2.75) is 19.4 Å². The molecular weight excluding hydrogens is 436 g/mol. The second kappa shape index (κ2) is 9.64. The largest absolute Gasteiger partial charge is 0.503 e. The molecule has 3 aromatic rings. The number of aryl methyl sites for hydroxylation is 1. The zero-order valence-electron chi connectivity index (χ0n) is 18.9. The fourth-order valence-electron chi connectivity index (χ4n) is 3.99. The normalized spacial score (nSPS) is 16.2. The Balaban J connectivity index is 1.72. The van der Waals surface area contributed by atoms with Crippen LogP contribution in [0.3, 0.4) is 0 Å². The number of carbonyl (C=O) groups is 2. The Hall–Kier alpha value is -3.36. The van der Waals surface area contributed by atoms with Crippen LogP contribution in [0.5, 0.6) is 0 Å². The van der Waals surface area contributed by atoms with Gasteiger partial charge in [-0.1, -0.05) is 36.4 Å². The molecule has 0 saturated heterocycles. The molecule has 0 aliphatic carbocycles.